The van der Waals surface area contributed by atoms with Gasteiger partial charge in [-0.25, -0.2) is 0 Å². The first-order chi connectivity index (χ1) is 12.7. The van der Waals surface area contributed by atoms with Crippen LogP contribution < -0.4 is 10.6 Å². The van der Waals surface area contributed by atoms with Gasteiger partial charge in [0.1, 0.15) is 0 Å². The quantitative estimate of drug-likeness (QED) is 0.607. The van der Waals surface area contributed by atoms with Crippen molar-refractivity contribution in [3.63, 3.8) is 0 Å². The van der Waals surface area contributed by atoms with Crippen molar-refractivity contribution in [1.82, 2.24) is 15.5 Å². The topological polar surface area (TPSA) is 61.4 Å². The van der Waals surface area contributed by atoms with Crippen molar-refractivity contribution in [3.8, 4) is 0 Å². The molecular formula is C20H23N3O2S. The van der Waals surface area contributed by atoms with E-state index in [4.69, 9.17) is 0 Å². The van der Waals surface area contributed by atoms with Crippen LogP contribution in [0, 0.1) is 0 Å². The number of nitrogens with one attached hydrogen (secondary N) is 2. The van der Waals surface area contributed by atoms with Crippen LogP contribution in [0.25, 0.3) is 0 Å². The number of benzene rings is 1. The van der Waals surface area contributed by atoms with Crippen molar-refractivity contribution < 1.29 is 9.59 Å². The summed E-state index contributed by atoms with van der Waals surface area (Å²) in [6.45, 7) is 5.99. The first-order valence-electron chi connectivity index (χ1n) is 8.70. The van der Waals surface area contributed by atoms with E-state index >= 15 is 0 Å². The Bertz CT molecular complexity index is 773. The Balaban J connectivity index is 1.68. The van der Waals surface area contributed by atoms with E-state index in [0.29, 0.717) is 6.54 Å². The summed E-state index contributed by atoms with van der Waals surface area (Å²) in [6.07, 6.45) is 2.54. The summed E-state index contributed by atoms with van der Waals surface area (Å²) in [5, 5.41) is 7.32. The highest BCUT2D eigenvalue weighted by Gasteiger charge is 2.26. The van der Waals surface area contributed by atoms with Crippen molar-refractivity contribution in [3.05, 3.63) is 70.4 Å². The van der Waals surface area contributed by atoms with E-state index in [-0.39, 0.29) is 12.6 Å². The highest BCUT2D eigenvalue weighted by atomic mass is 32.1. The van der Waals surface area contributed by atoms with Gasteiger partial charge in [-0.15, -0.1) is 17.9 Å². The average molecular weight is 369 g/mol. The number of carbonyl (C=O) groups excluding carboxylic acids is 2. The Morgan fingerprint density at radius 1 is 1.15 bits per heavy atom. The zero-order chi connectivity index (χ0) is 18.4. The molecule has 26 heavy (non-hydrogen) atoms. The summed E-state index contributed by atoms with van der Waals surface area (Å²) >= 11 is 1.67. The molecule has 1 aliphatic heterocycles. The van der Waals surface area contributed by atoms with Gasteiger partial charge in [-0.05, 0) is 29.0 Å². The predicted molar refractivity (Wildman–Crippen MR) is 104 cm³/mol. The molecule has 5 nitrogen and oxygen atoms in total. The maximum Gasteiger partial charge on any atom is 0.309 e. The molecule has 1 atom stereocenters. The van der Waals surface area contributed by atoms with Gasteiger partial charge in [0.25, 0.3) is 0 Å². The summed E-state index contributed by atoms with van der Waals surface area (Å²) < 4.78 is 0. The molecule has 2 aromatic rings. The van der Waals surface area contributed by atoms with Gasteiger partial charge < -0.3 is 10.6 Å². The molecule has 3 rings (SSSR count). The van der Waals surface area contributed by atoms with Gasteiger partial charge in [-0.1, -0.05) is 36.4 Å². The van der Waals surface area contributed by atoms with E-state index in [0.717, 1.165) is 19.5 Å². The molecule has 136 valence electrons. The van der Waals surface area contributed by atoms with Crippen molar-refractivity contribution in [1.29, 1.82) is 0 Å². The second-order valence-corrected chi connectivity index (χ2v) is 7.21. The number of rotatable bonds is 6. The van der Waals surface area contributed by atoms with E-state index in [1.54, 1.807) is 17.4 Å². The van der Waals surface area contributed by atoms with Gasteiger partial charge in [0.15, 0.2) is 0 Å². The van der Waals surface area contributed by atoms with Crippen LogP contribution >= 0.6 is 11.3 Å². The summed E-state index contributed by atoms with van der Waals surface area (Å²) in [5.41, 5.74) is 2.72. The minimum Gasteiger partial charge on any atom is -0.346 e. The van der Waals surface area contributed by atoms with Crippen LogP contribution in [0.15, 0.2) is 54.4 Å². The lowest BCUT2D eigenvalue weighted by Gasteiger charge is -2.35. The minimum absolute atomic E-state index is 0.0551. The van der Waals surface area contributed by atoms with Gasteiger partial charge >= 0.3 is 11.8 Å². The number of fused-ring (bicyclic) bond motifs is 1. The van der Waals surface area contributed by atoms with Crippen LogP contribution in [0.5, 0.6) is 0 Å². The molecule has 0 saturated carbocycles. The molecule has 2 amide bonds. The Kier molecular flexibility index (Phi) is 6.20. The van der Waals surface area contributed by atoms with E-state index < -0.39 is 11.8 Å². The zero-order valence-electron chi connectivity index (χ0n) is 14.6. The number of thiophene rings is 1. The Hall–Kier alpha value is -2.44. The molecular weight excluding hydrogens is 346 g/mol. The Morgan fingerprint density at radius 3 is 2.65 bits per heavy atom. The fourth-order valence-corrected chi connectivity index (χ4v) is 4.05. The number of hydrogen-bond acceptors (Lipinski definition) is 4. The standard InChI is InChI=1S/C20H23N3O2S/c1-2-10-21-19(24)20(25)22-13-17(18-8-5-12-26-18)23-11-9-15-6-3-4-7-16(15)14-23/h2-8,12,17H,1,9-11,13-14H2,(H,21,24)(H,22,25)/t17-/m1/s1. The molecule has 0 fully saturated rings. The molecule has 2 heterocycles. The summed E-state index contributed by atoms with van der Waals surface area (Å²) in [4.78, 5) is 27.4. The molecule has 0 aliphatic carbocycles. The van der Waals surface area contributed by atoms with Crippen LogP contribution in [0.4, 0.5) is 0 Å². The maximum atomic E-state index is 12.0. The van der Waals surface area contributed by atoms with Crippen LogP contribution in [0.3, 0.4) is 0 Å². The predicted octanol–water partition coefficient (Wildman–Crippen LogP) is 2.27. The highest BCUT2D eigenvalue weighted by molar-refractivity contribution is 7.10. The highest BCUT2D eigenvalue weighted by Crippen LogP contribution is 2.29. The minimum atomic E-state index is -0.626. The van der Waals surface area contributed by atoms with E-state index in [1.807, 2.05) is 11.4 Å². The van der Waals surface area contributed by atoms with E-state index in [1.165, 1.54) is 16.0 Å². The second kappa shape index (κ2) is 8.78. The summed E-state index contributed by atoms with van der Waals surface area (Å²) in [5.74, 6) is -1.23. The molecule has 0 spiro atoms. The SMILES string of the molecule is C=CCNC(=O)C(=O)NC[C@H](c1cccs1)N1CCc2ccccc2C1. The van der Waals surface area contributed by atoms with Gasteiger partial charge in [-0.2, -0.15) is 0 Å². The first kappa shape index (κ1) is 18.4. The fraction of sp³-hybridized carbons (Fsp3) is 0.300. The first-order valence-corrected chi connectivity index (χ1v) is 9.58. The lowest BCUT2D eigenvalue weighted by molar-refractivity contribution is -0.139. The smallest absolute Gasteiger partial charge is 0.309 e. The normalized spacial score (nSPS) is 14.9. The second-order valence-electron chi connectivity index (χ2n) is 6.23. The van der Waals surface area contributed by atoms with Crippen LogP contribution in [-0.4, -0.2) is 36.3 Å². The molecule has 0 saturated heterocycles. The van der Waals surface area contributed by atoms with Gasteiger partial charge in [-0.3, -0.25) is 14.5 Å². The average Bonchev–Trinajstić information content (AvgIpc) is 3.20. The summed E-state index contributed by atoms with van der Waals surface area (Å²) in [6, 6.07) is 12.6. The monoisotopic (exact) mass is 369 g/mol. The third-order valence-corrected chi connectivity index (χ3v) is 5.52. The molecule has 2 N–H and O–H groups in total. The molecule has 1 aromatic carbocycles. The Morgan fingerprint density at radius 2 is 1.92 bits per heavy atom. The zero-order valence-corrected chi connectivity index (χ0v) is 15.4. The molecule has 0 unspecified atom stereocenters. The van der Waals surface area contributed by atoms with Gasteiger partial charge in [0, 0.05) is 31.1 Å². The van der Waals surface area contributed by atoms with Crippen LogP contribution in [0.2, 0.25) is 0 Å². The molecule has 1 aliphatic rings. The van der Waals surface area contributed by atoms with E-state index in [2.05, 4.69) is 52.4 Å². The number of carbonyl (C=O) groups is 2. The van der Waals surface area contributed by atoms with Crippen molar-refractivity contribution >= 4 is 23.2 Å². The fourth-order valence-electron chi connectivity index (χ4n) is 3.19. The number of nitrogens with zero attached hydrogens (tertiary/aromatic N) is 1. The van der Waals surface area contributed by atoms with Crippen molar-refractivity contribution in [2.45, 2.75) is 19.0 Å². The third kappa shape index (κ3) is 4.39. The van der Waals surface area contributed by atoms with E-state index in [9.17, 15) is 9.59 Å². The number of hydrogen-bond donors (Lipinski definition) is 2. The maximum absolute atomic E-state index is 12.0. The molecule has 0 bridgehead atoms. The molecule has 0 radical (unpaired) electrons. The lowest BCUT2D eigenvalue weighted by Crippen LogP contribution is -2.45. The van der Waals surface area contributed by atoms with Crippen LogP contribution in [0.1, 0.15) is 22.0 Å². The third-order valence-electron chi connectivity index (χ3n) is 4.54. The molecule has 1 aromatic heterocycles. The van der Waals surface area contributed by atoms with Gasteiger partial charge in [0.05, 0.1) is 6.04 Å². The molecule has 6 heteroatoms. The van der Waals surface area contributed by atoms with Crippen molar-refractivity contribution in [2.75, 3.05) is 19.6 Å². The van der Waals surface area contributed by atoms with Gasteiger partial charge in [0.2, 0.25) is 0 Å². The van der Waals surface area contributed by atoms with Crippen LogP contribution in [-0.2, 0) is 22.6 Å². The van der Waals surface area contributed by atoms with Crippen molar-refractivity contribution in [2.24, 2.45) is 0 Å². The number of amides is 2. The largest absolute Gasteiger partial charge is 0.346 e. The summed E-state index contributed by atoms with van der Waals surface area (Å²) in [7, 11) is 0. The Labute approximate surface area is 157 Å². The lowest BCUT2D eigenvalue weighted by atomic mass is 9.98.